The number of ether oxygens (including phenoxy) is 1. The molecule has 9 heteroatoms. The minimum Gasteiger partial charge on any atom is -0.393 e. The monoisotopic (exact) mass is 273 g/mol. The highest BCUT2D eigenvalue weighted by molar-refractivity contribution is 5.23. The second-order valence-corrected chi connectivity index (χ2v) is 4.37. The van der Waals surface area contributed by atoms with E-state index in [-0.39, 0.29) is 5.82 Å². The van der Waals surface area contributed by atoms with Gasteiger partial charge < -0.3 is 30.9 Å². The van der Waals surface area contributed by atoms with Gasteiger partial charge in [-0.25, -0.2) is 4.79 Å². The lowest BCUT2D eigenvalue weighted by atomic mass is 9.97. The number of hydrogen-bond acceptors (Lipinski definition) is 8. The molecule has 2 rings (SSSR count). The van der Waals surface area contributed by atoms with Crippen LogP contribution < -0.4 is 11.4 Å². The predicted octanol–water partition coefficient (Wildman–Crippen LogP) is -3.20. The van der Waals surface area contributed by atoms with Crippen molar-refractivity contribution in [3.05, 3.63) is 22.7 Å². The van der Waals surface area contributed by atoms with Gasteiger partial charge in [0.1, 0.15) is 23.6 Å². The number of aliphatic hydroxyl groups is 4. The summed E-state index contributed by atoms with van der Waals surface area (Å²) in [5.74, 6) is 0.00450. The molecule has 1 aliphatic heterocycles. The largest absolute Gasteiger partial charge is 0.393 e. The second kappa shape index (κ2) is 4.87. The molecule has 0 aromatic carbocycles. The maximum absolute atomic E-state index is 11.6. The average Bonchev–Trinajstić information content (AvgIpc) is 2.64. The normalized spacial score (nSPS) is 29.6. The van der Waals surface area contributed by atoms with Crippen LogP contribution >= 0.6 is 0 Å². The zero-order valence-corrected chi connectivity index (χ0v) is 9.88. The van der Waals surface area contributed by atoms with Gasteiger partial charge in [-0.3, -0.25) is 4.57 Å². The van der Waals surface area contributed by atoms with E-state index in [1.165, 1.54) is 12.3 Å². The molecule has 1 aromatic heterocycles. The smallest absolute Gasteiger partial charge is 0.351 e. The maximum atomic E-state index is 11.6. The molecule has 6 N–H and O–H groups in total. The molecule has 2 heterocycles. The van der Waals surface area contributed by atoms with Crippen LogP contribution in [-0.4, -0.2) is 61.0 Å². The van der Waals surface area contributed by atoms with Gasteiger partial charge in [-0.1, -0.05) is 0 Å². The van der Waals surface area contributed by atoms with Crippen LogP contribution in [0, 0.1) is 0 Å². The van der Waals surface area contributed by atoms with Gasteiger partial charge in [-0.15, -0.1) is 0 Å². The Bertz CT molecular complexity index is 514. The fraction of sp³-hybridized carbons (Fsp3) is 0.600. The second-order valence-electron chi connectivity index (χ2n) is 4.37. The van der Waals surface area contributed by atoms with E-state index in [0.29, 0.717) is 0 Å². The zero-order chi connectivity index (χ0) is 14.2. The third-order valence-electron chi connectivity index (χ3n) is 3.17. The van der Waals surface area contributed by atoms with Gasteiger partial charge in [0.2, 0.25) is 0 Å². The van der Waals surface area contributed by atoms with Crippen LogP contribution in [0.15, 0.2) is 17.1 Å². The molecule has 0 aliphatic carbocycles. The van der Waals surface area contributed by atoms with Crippen molar-refractivity contribution < 1.29 is 25.2 Å². The fourth-order valence-corrected chi connectivity index (χ4v) is 2.00. The first-order chi connectivity index (χ1) is 8.95. The maximum Gasteiger partial charge on any atom is 0.351 e. The topological polar surface area (TPSA) is 151 Å². The lowest BCUT2D eigenvalue weighted by molar-refractivity contribution is -0.150. The first-order valence-electron chi connectivity index (χ1n) is 5.55. The van der Waals surface area contributed by atoms with E-state index in [9.17, 15) is 25.2 Å². The lowest BCUT2D eigenvalue weighted by Gasteiger charge is -2.27. The predicted molar refractivity (Wildman–Crippen MR) is 61.9 cm³/mol. The third-order valence-corrected chi connectivity index (χ3v) is 3.17. The highest BCUT2D eigenvalue weighted by Gasteiger charge is 2.54. The number of nitrogens with zero attached hydrogens (tertiary/aromatic N) is 2. The van der Waals surface area contributed by atoms with Crippen molar-refractivity contribution in [2.45, 2.75) is 24.0 Å². The SMILES string of the molecule is Nc1ccn([C@H]2OC(CO)(CO)[C@@H](O)[C@@H]2O)c(=O)n1. The van der Waals surface area contributed by atoms with Crippen molar-refractivity contribution in [2.75, 3.05) is 18.9 Å². The molecular formula is C10H15N3O6. The first-order valence-corrected chi connectivity index (χ1v) is 5.55. The summed E-state index contributed by atoms with van der Waals surface area (Å²) < 4.78 is 6.19. The molecule has 19 heavy (non-hydrogen) atoms. The Labute approximate surface area is 107 Å². The molecule has 0 bridgehead atoms. The Kier molecular flexibility index (Phi) is 3.56. The summed E-state index contributed by atoms with van der Waals surface area (Å²) in [4.78, 5) is 15.1. The van der Waals surface area contributed by atoms with E-state index in [2.05, 4.69) is 4.98 Å². The Morgan fingerprint density at radius 1 is 1.42 bits per heavy atom. The Morgan fingerprint density at radius 3 is 2.53 bits per heavy atom. The summed E-state index contributed by atoms with van der Waals surface area (Å²) in [6.07, 6.45) is -3.06. The van der Waals surface area contributed by atoms with E-state index in [1.54, 1.807) is 0 Å². The first kappa shape index (κ1) is 13.9. The molecule has 3 atom stereocenters. The number of nitrogens with two attached hydrogens (primary N) is 1. The van der Waals surface area contributed by atoms with E-state index in [0.717, 1.165) is 4.57 Å². The standard InChI is InChI=1S/C10H15N3O6/c11-5-1-2-13(9(18)12-5)8-6(16)7(17)10(3-14,4-15)19-8/h1-2,6-8,14-17H,3-4H2,(H2,11,12,18)/t6-,7-,8-/m0/s1. The molecule has 0 unspecified atom stereocenters. The van der Waals surface area contributed by atoms with E-state index < -0.39 is 42.9 Å². The molecule has 1 aliphatic rings. The van der Waals surface area contributed by atoms with E-state index in [1.807, 2.05) is 0 Å². The lowest BCUT2D eigenvalue weighted by Crippen LogP contribution is -2.49. The molecular weight excluding hydrogens is 258 g/mol. The summed E-state index contributed by atoms with van der Waals surface area (Å²) in [6.45, 7) is -1.43. The minimum absolute atomic E-state index is 0.00450. The molecule has 9 nitrogen and oxygen atoms in total. The van der Waals surface area contributed by atoms with Crippen LogP contribution in [0.25, 0.3) is 0 Å². The fourth-order valence-electron chi connectivity index (χ4n) is 2.00. The minimum atomic E-state index is -1.73. The van der Waals surface area contributed by atoms with Crippen LogP contribution in [0.4, 0.5) is 5.82 Å². The Balaban J connectivity index is 2.39. The molecule has 1 fully saturated rings. The van der Waals surface area contributed by atoms with E-state index >= 15 is 0 Å². The van der Waals surface area contributed by atoms with Crippen molar-refractivity contribution in [3.8, 4) is 0 Å². The summed E-state index contributed by atoms with van der Waals surface area (Å²) in [5, 5.41) is 38.1. The van der Waals surface area contributed by atoms with Crippen LogP contribution in [0.2, 0.25) is 0 Å². The van der Waals surface area contributed by atoms with Crippen molar-refractivity contribution >= 4 is 5.82 Å². The zero-order valence-electron chi connectivity index (χ0n) is 9.88. The van der Waals surface area contributed by atoms with Crippen LogP contribution in [0.5, 0.6) is 0 Å². The van der Waals surface area contributed by atoms with Gasteiger partial charge in [0.05, 0.1) is 13.2 Å². The third kappa shape index (κ3) is 2.11. The Morgan fingerprint density at radius 2 is 2.05 bits per heavy atom. The molecule has 0 saturated carbocycles. The molecule has 0 amide bonds. The summed E-state index contributed by atoms with van der Waals surface area (Å²) in [5.41, 5.74) is 2.83. The number of nitrogen functional groups attached to an aromatic ring is 1. The Hall–Kier alpha value is -1.52. The van der Waals surface area contributed by atoms with Gasteiger partial charge in [0.15, 0.2) is 6.23 Å². The van der Waals surface area contributed by atoms with E-state index in [4.69, 9.17) is 10.5 Å². The van der Waals surface area contributed by atoms with Crippen molar-refractivity contribution in [1.82, 2.24) is 9.55 Å². The number of aromatic nitrogens is 2. The highest BCUT2D eigenvalue weighted by atomic mass is 16.6. The van der Waals surface area contributed by atoms with Crippen LogP contribution in [-0.2, 0) is 4.74 Å². The van der Waals surface area contributed by atoms with Crippen molar-refractivity contribution in [3.63, 3.8) is 0 Å². The summed E-state index contributed by atoms with van der Waals surface area (Å²) >= 11 is 0. The molecule has 1 aromatic rings. The van der Waals surface area contributed by atoms with Crippen LogP contribution in [0.3, 0.4) is 0 Å². The van der Waals surface area contributed by atoms with Gasteiger partial charge in [0.25, 0.3) is 0 Å². The van der Waals surface area contributed by atoms with Gasteiger partial charge >= 0.3 is 5.69 Å². The quantitative estimate of drug-likeness (QED) is 0.386. The van der Waals surface area contributed by atoms with Crippen molar-refractivity contribution in [2.24, 2.45) is 0 Å². The molecule has 0 spiro atoms. The summed E-state index contributed by atoms with van der Waals surface area (Å²) in [7, 11) is 0. The van der Waals surface area contributed by atoms with Crippen molar-refractivity contribution in [1.29, 1.82) is 0 Å². The highest BCUT2D eigenvalue weighted by Crippen LogP contribution is 2.36. The van der Waals surface area contributed by atoms with Gasteiger partial charge in [-0.05, 0) is 6.07 Å². The average molecular weight is 273 g/mol. The van der Waals surface area contributed by atoms with Gasteiger partial charge in [0, 0.05) is 6.20 Å². The van der Waals surface area contributed by atoms with Gasteiger partial charge in [-0.2, -0.15) is 4.98 Å². The number of aliphatic hydroxyl groups excluding tert-OH is 4. The summed E-state index contributed by atoms with van der Waals surface area (Å²) in [6, 6.07) is 1.32. The number of hydrogen-bond donors (Lipinski definition) is 5. The number of anilines is 1. The number of rotatable bonds is 3. The molecule has 106 valence electrons. The molecule has 0 radical (unpaired) electrons. The van der Waals surface area contributed by atoms with Crippen LogP contribution in [0.1, 0.15) is 6.23 Å². The molecule has 1 saturated heterocycles.